The van der Waals surface area contributed by atoms with Crippen LogP contribution in [-0.4, -0.2) is 35.5 Å². The summed E-state index contributed by atoms with van der Waals surface area (Å²) in [5, 5.41) is 11.8. The number of likely N-dealkylation sites (tertiary alicyclic amines) is 1. The second-order valence-corrected chi connectivity index (χ2v) is 7.03. The highest BCUT2D eigenvalue weighted by molar-refractivity contribution is 6.17. The maximum absolute atomic E-state index is 11.8. The quantitative estimate of drug-likeness (QED) is 0.792. The smallest absolute Gasteiger partial charge is 0.117 e. The third-order valence-corrected chi connectivity index (χ3v) is 5.48. The molecule has 0 amide bonds. The molecule has 0 atom stereocenters. The van der Waals surface area contributed by atoms with Crippen molar-refractivity contribution in [1.29, 1.82) is 0 Å². The summed E-state index contributed by atoms with van der Waals surface area (Å²) in [7, 11) is 0. The predicted octanol–water partition coefficient (Wildman–Crippen LogP) is 4.26. The van der Waals surface area contributed by atoms with E-state index < -0.39 is 5.60 Å². The van der Waals surface area contributed by atoms with Crippen molar-refractivity contribution < 1.29 is 5.11 Å². The molecule has 24 heavy (non-hydrogen) atoms. The van der Waals surface area contributed by atoms with E-state index in [9.17, 15) is 5.11 Å². The van der Waals surface area contributed by atoms with Gasteiger partial charge in [0.05, 0.1) is 0 Å². The van der Waals surface area contributed by atoms with Gasteiger partial charge in [-0.2, -0.15) is 0 Å². The van der Waals surface area contributed by atoms with Gasteiger partial charge in [0, 0.05) is 5.88 Å². The van der Waals surface area contributed by atoms with Crippen LogP contribution in [0.15, 0.2) is 60.7 Å². The summed E-state index contributed by atoms with van der Waals surface area (Å²) in [5.41, 5.74) is 1.08. The third-order valence-electron chi connectivity index (χ3n) is 5.21. The van der Waals surface area contributed by atoms with Crippen LogP contribution < -0.4 is 0 Å². The van der Waals surface area contributed by atoms with Gasteiger partial charge in [-0.05, 0) is 55.9 Å². The number of aliphatic hydroxyl groups is 1. The Balaban J connectivity index is 1.85. The molecule has 1 N–H and O–H groups in total. The third kappa shape index (κ3) is 3.66. The van der Waals surface area contributed by atoms with E-state index in [0.29, 0.717) is 0 Å². The lowest BCUT2D eigenvalue weighted by Gasteiger charge is -2.42. The van der Waals surface area contributed by atoms with Crippen LogP contribution in [0.2, 0.25) is 0 Å². The molecule has 0 radical (unpaired) electrons. The van der Waals surface area contributed by atoms with Crippen molar-refractivity contribution in [3.63, 3.8) is 0 Å². The van der Waals surface area contributed by atoms with Crippen LogP contribution in [0.4, 0.5) is 0 Å². The Labute approximate surface area is 150 Å². The lowest BCUT2D eigenvalue weighted by atomic mass is 9.72. The molecule has 3 heteroatoms. The molecule has 1 saturated heterocycles. The maximum Gasteiger partial charge on any atom is 0.117 e. The van der Waals surface area contributed by atoms with E-state index in [1.165, 1.54) is 0 Å². The van der Waals surface area contributed by atoms with Gasteiger partial charge in [-0.3, -0.25) is 0 Å². The summed E-state index contributed by atoms with van der Waals surface area (Å²) >= 11 is 5.82. The maximum atomic E-state index is 11.8. The van der Waals surface area contributed by atoms with E-state index in [1.807, 2.05) is 60.7 Å². The molecule has 3 rings (SSSR count). The molecular weight excluding hydrogens is 318 g/mol. The zero-order valence-corrected chi connectivity index (χ0v) is 14.8. The zero-order chi connectivity index (χ0) is 16.8. The lowest BCUT2D eigenvalue weighted by molar-refractivity contribution is -0.0141. The molecule has 0 bridgehead atoms. The molecule has 0 aromatic heterocycles. The first-order valence-corrected chi connectivity index (χ1v) is 9.40. The van der Waals surface area contributed by atoms with E-state index in [0.717, 1.165) is 55.9 Å². The summed E-state index contributed by atoms with van der Waals surface area (Å²) in [6, 6.07) is 20.3. The van der Waals surface area contributed by atoms with Crippen molar-refractivity contribution >= 4 is 11.6 Å². The van der Waals surface area contributed by atoms with Crippen molar-refractivity contribution in [3.05, 3.63) is 71.8 Å². The number of hydrogen-bond acceptors (Lipinski definition) is 2. The minimum Gasteiger partial charge on any atom is -0.380 e. The molecular formula is C21H26ClNO. The molecule has 1 aliphatic heterocycles. The fraction of sp³-hybridized carbons (Fsp3) is 0.429. The second kappa shape index (κ2) is 8.15. The van der Waals surface area contributed by atoms with E-state index >= 15 is 0 Å². The Morgan fingerprint density at radius 1 is 0.917 bits per heavy atom. The minimum absolute atomic E-state index is 0.231. The van der Waals surface area contributed by atoms with Crippen molar-refractivity contribution in [2.24, 2.45) is 5.92 Å². The zero-order valence-electron chi connectivity index (χ0n) is 14.1. The highest BCUT2D eigenvalue weighted by Gasteiger charge is 2.41. The normalized spacial score (nSPS) is 17.1. The predicted molar refractivity (Wildman–Crippen MR) is 100 cm³/mol. The molecule has 128 valence electrons. The summed E-state index contributed by atoms with van der Waals surface area (Å²) in [6.45, 7) is 3.12. The summed E-state index contributed by atoms with van der Waals surface area (Å²) in [6.07, 6.45) is 3.04. The number of halogens is 1. The first-order valence-electron chi connectivity index (χ1n) is 8.87. The highest BCUT2D eigenvalue weighted by atomic mass is 35.5. The average Bonchev–Trinajstić information content (AvgIpc) is 2.67. The Kier molecular flexibility index (Phi) is 5.94. The molecule has 0 saturated carbocycles. The summed E-state index contributed by atoms with van der Waals surface area (Å²) in [5.74, 6) is 0.951. The van der Waals surface area contributed by atoms with Gasteiger partial charge in [0.2, 0.25) is 0 Å². The Bertz CT molecular complexity index is 569. The molecule has 1 fully saturated rings. The standard InChI is InChI=1S/C21H26ClNO/c22-14-7-15-23-16-12-20(13-17-23)21(24,18-8-3-1-4-9-18)19-10-5-2-6-11-19/h1-6,8-11,20,24H,7,12-17H2. The molecule has 1 aliphatic rings. The van der Waals surface area contributed by atoms with Gasteiger partial charge >= 0.3 is 0 Å². The molecule has 0 unspecified atom stereocenters. The average molecular weight is 344 g/mol. The Morgan fingerprint density at radius 3 is 1.88 bits per heavy atom. The van der Waals surface area contributed by atoms with Crippen LogP contribution in [-0.2, 0) is 5.60 Å². The molecule has 1 heterocycles. The number of benzene rings is 2. The highest BCUT2D eigenvalue weighted by Crippen LogP contribution is 2.41. The topological polar surface area (TPSA) is 23.5 Å². The van der Waals surface area contributed by atoms with Crippen molar-refractivity contribution in [2.75, 3.05) is 25.5 Å². The lowest BCUT2D eigenvalue weighted by Crippen LogP contribution is -2.44. The van der Waals surface area contributed by atoms with Crippen molar-refractivity contribution in [3.8, 4) is 0 Å². The fourth-order valence-corrected chi connectivity index (χ4v) is 4.00. The van der Waals surface area contributed by atoms with Gasteiger partial charge in [-0.1, -0.05) is 60.7 Å². The number of rotatable bonds is 6. The van der Waals surface area contributed by atoms with Crippen LogP contribution in [0.25, 0.3) is 0 Å². The van der Waals surface area contributed by atoms with E-state index in [4.69, 9.17) is 11.6 Å². The van der Waals surface area contributed by atoms with Crippen LogP contribution in [0.1, 0.15) is 30.4 Å². The van der Waals surface area contributed by atoms with Gasteiger partial charge in [-0.25, -0.2) is 0 Å². The summed E-state index contributed by atoms with van der Waals surface area (Å²) < 4.78 is 0. The van der Waals surface area contributed by atoms with E-state index in [1.54, 1.807) is 0 Å². The molecule has 2 aromatic carbocycles. The van der Waals surface area contributed by atoms with Gasteiger partial charge in [0.25, 0.3) is 0 Å². The van der Waals surface area contributed by atoms with Crippen LogP contribution in [0, 0.1) is 5.92 Å². The number of nitrogens with zero attached hydrogens (tertiary/aromatic N) is 1. The minimum atomic E-state index is -0.916. The SMILES string of the molecule is OC(c1ccccc1)(c1ccccc1)C1CCN(CCCCl)CC1. The van der Waals surface area contributed by atoms with E-state index in [-0.39, 0.29) is 5.92 Å². The second-order valence-electron chi connectivity index (χ2n) is 6.66. The van der Waals surface area contributed by atoms with Gasteiger partial charge in [0.1, 0.15) is 5.60 Å². The molecule has 2 nitrogen and oxygen atoms in total. The van der Waals surface area contributed by atoms with Crippen LogP contribution in [0.3, 0.4) is 0 Å². The molecule has 0 spiro atoms. The van der Waals surface area contributed by atoms with Gasteiger partial charge < -0.3 is 10.0 Å². The number of alkyl halides is 1. The van der Waals surface area contributed by atoms with Crippen LogP contribution in [0.5, 0.6) is 0 Å². The largest absolute Gasteiger partial charge is 0.380 e. The van der Waals surface area contributed by atoms with Gasteiger partial charge in [-0.15, -0.1) is 11.6 Å². The van der Waals surface area contributed by atoms with Gasteiger partial charge in [0.15, 0.2) is 0 Å². The fourth-order valence-electron chi connectivity index (χ4n) is 3.88. The number of hydrogen-bond donors (Lipinski definition) is 1. The molecule has 0 aliphatic carbocycles. The molecule has 2 aromatic rings. The Morgan fingerprint density at radius 2 is 1.42 bits per heavy atom. The Hall–Kier alpha value is -1.35. The van der Waals surface area contributed by atoms with Crippen LogP contribution >= 0.6 is 11.6 Å². The first kappa shape index (κ1) is 17.5. The van der Waals surface area contributed by atoms with Crippen molar-refractivity contribution in [1.82, 2.24) is 4.90 Å². The monoisotopic (exact) mass is 343 g/mol. The number of piperidine rings is 1. The first-order chi connectivity index (χ1) is 11.7. The summed E-state index contributed by atoms with van der Waals surface area (Å²) in [4.78, 5) is 2.47. The van der Waals surface area contributed by atoms with Crippen molar-refractivity contribution in [2.45, 2.75) is 24.9 Å². The van der Waals surface area contributed by atoms with E-state index in [2.05, 4.69) is 4.90 Å².